The molecule has 0 aromatic heterocycles. The minimum absolute atomic E-state index is 0.0682. The molecule has 2 aliphatic heterocycles. The average Bonchev–Trinajstić information content (AvgIpc) is 3.05. The van der Waals surface area contributed by atoms with Crippen molar-refractivity contribution in [3.63, 3.8) is 0 Å². The van der Waals surface area contributed by atoms with E-state index in [1.165, 1.54) is 0 Å². The zero-order valence-corrected chi connectivity index (χ0v) is 15.2. The molecule has 2 aliphatic rings. The minimum Gasteiger partial charge on any atom is -0.497 e. The van der Waals surface area contributed by atoms with Crippen LogP contribution in [-0.4, -0.2) is 27.6 Å². The van der Waals surface area contributed by atoms with Gasteiger partial charge in [0.2, 0.25) is 0 Å². The van der Waals surface area contributed by atoms with Gasteiger partial charge in [-0.05, 0) is 25.1 Å². The summed E-state index contributed by atoms with van der Waals surface area (Å²) in [4.78, 5) is 0. The van der Waals surface area contributed by atoms with Crippen molar-refractivity contribution in [2.45, 2.75) is 18.9 Å². The van der Waals surface area contributed by atoms with Gasteiger partial charge in [-0.3, -0.25) is 0 Å². The van der Waals surface area contributed by atoms with Crippen LogP contribution in [0.25, 0.3) is 6.08 Å². The summed E-state index contributed by atoms with van der Waals surface area (Å²) in [5, 5.41) is 0. The molecule has 0 bridgehead atoms. The molecule has 0 unspecified atom stereocenters. The van der Waals surface area contributed by atoms with Gasteiger partial charge >= 0.3 is 0 Å². The van der Waals surface area contributed by atoms with Crippen LogP contribution in [0.15, 0.2) is 36.4 Å². The van der Waals surface area contributed by atoms with Crippen molar-refractivity contribution < 1.29 is 23.7 Å². The van der Waals surface area contributed by atoms with Crippen LogP contribution in [0, 0.1) is 0 Å². The first-order valence-corrected chi connectivity index (χ1v) is 8.65. The van der Waals surface area contributed by atoms with E-state index in [-0.39, 0.29) is 18.8 Å². The molecule has 2 aromatic carbocycles. The molecule has 5 nitrogen and oxygen atoms in total. The van der Waals surface area contributed by atoms with Crippen LogP contribution in [0.2, 0.25) is 0 Å². The third kappa shape index (κ3) is 2.69. The SMILES string of the molecule is C/C=C/c1c(OCOC)ccc2c1OC[C@@H]1c3ccc(OC)cc3O[C@H]21. The van der Waals surface area contributed by atoms with Crippen molar-refractivity contribution in [2.24, 2.45) is 0 Å². The van der Waals surface area contributed by atoms with E-state index in [1.54, 1.807) is 14.2 Å². The van der Waals surface area contributed by atoms with Gasteiger partial charge in [0.05, 0.1) is 25.2 Å². The quantitative estimate of drug-likeness (QED) is 0.748. The Kier molecular flexibility index (Phi) is 4.47. The van der Waals surface area contributed by atoms with Crippen molar-refractivity contribution in [1.82, 2.24) is 0 Å². The summed E-state index contributed by atoms with van der Waals surface area (Å²) < 4.78 is 28.5. The molecule has 2 aromatic rings. The highest BCUT2D eigenvalue weighted by atomic mass is 16.7. The van der Waals surface area contributed by atoms with Crippen LogP contribution in [0.5, 0.6) is 23.0 Å². The Morgan fingerprint density at radius 1 is 1.15 bits per heavy atom. The minimum atomic E-state index is -0.0682. The zero-order valence-electron chi connectivity index (χ0n) is 15.2. The van der Waals surface area contributed by atoms with Gasteiger partial charge < -0.3 is 23.7 Å². The number of hydrogen-bond donors (Lipinski definition) is 0. The largest absolute Gasteiger partial charge is 0.497 e. The van der Waals surface area contributed by atoms with Crippen molar-refractivity contribution in [3.05, 3.63) is 53.1 Å². The Morgan fingerprint density at radius 3 is 2.77 bits per heavy atom. The predicted octanol–water partition coefficient (Wildman–Crippen LogP) is 4.32. The lowest BCUT2D eigenvalue weighted by atomic mass is 9.88. The molecule has 2 atom stereocenters. The lowest BCUT2D eigenvalue weighted by Crippen LogP contribution is -2.24. The van der Waals surface area contributed by atoms with E-state index in [0.29, 0.717) is 6.61 Å². The topological polar surface area (TPSA) is 46.2 Å². The molecule has 0 amide bonds. The van der Waals surface area contributed by atoms with Gasteiger partial charge in [-0.2, -0.15) is 0 Å². The second kappa shape index (κ2) is 6.92. The fraction of sp³-hybridized carbons (Fsp3) is 0.333. The third-order valence-electron chi connectivity index (χ3n) is 4.81. The first-order valence-electron chi connectivity index (χ1n) is 8.65. The number of benzene rings is 2. The monoisotopic (exact) mass is 354 g/mol. The Hall–Kier alpha value is -2.66. The molecule has 2 heterocycles. The highest BCUT2D eigenvalue weighted by molar-refractivity contribution is 5.68. The summed E-state index contributed by atoms with van der Waals surface area (Å²) in [6, 6.07) is 9.94. The molecular weight excluding hydrogens is 332 g/mol. The Morgan fingerprint density at radius 2 is 2.00 bits per heavy atom. The second-order valence-corrected chi connectivity index (χ2v) is 6.31. The standard InChI is InChI=1S/C21H22O5/c1-4-5-15-18(25-12-22-2)9-8-16-20(15)24-11-17-14-7-6-13(23-3)10-19(14)26-21(16)17/h4-10,17,21H,11-12H2,1-3H3/b5-4+/t17-,21-/m1/s1. The Bertz CT molecular complexity index is 843. The van der Waals surface area contributed by atoms with Crippen LogP contribution in [0.3, 0.4) is 0 Å². The molecular formula is C21H22O5. The highest BCUT2D eigenvalue weighted by Gasteiger charge is 2.41. The highest BCUT2D eigenvalue weighted by Crippen LogP contribution is 2.53. The summed E-state index contributed by atoms with van der Waals surface area (Å²) in [6.07, 6.45) is 3.90. The average molecular weight is 354 g/mol. The van der Waals surface area contributed by atoms with Gasteiger partial charge in [0, 0.05) is 24.3 Å². The molecule has 0 saturated carbocycles. The van der Waals surface area contributed by atoms with Crippen molar-refractivity contribution in [1.29, 1.82) is 0 Å². The van der Waals surface area contributed by atoms with Gasteiger partial charge in [0.15, 0.2) is 6.79 Å². The third-order valence-corrected chi connectivity index (χ3v) is 4.81. The van der Waals surface area contributed by atoms with Gasteiger partial charge in [-0.15, -0.1) is 0 Å². The van der Waals surface area contributed by atoms with E-state index >= 15 is 0 Å². The summed E-state index contributed by atoms with van der Waals surface area (Å²) in [7, 11) is 3.26. The summed E-state index contributed by atoms with van der Waals surface area (Å²) in [6.45, 7) is 2.73. The number of allylic oxidation sites excluding steroid dienone is 1. The normalized spacial score (nSPS) is 20.0. The summed E-state index contributed by atoms with van der Waals surface area (Å²) in [5.41, 5.74) is 3.11. The molecule has 0 fully saturated rings. The molecule has 0 aliphatic carbocycles. The molecule has 4 rings (SSSR count). The van der Waals surface area contributed by atoms with Gasteiger partial charge in [0.1, 0.15) is 29.1 Å². The van der Waals surface area contributed by atoms with E-state index in [9.17, 15) is 0 Å². The van der Waals surface area contributed by atoms with Crippen LogP contribution in [0.4, 0.5) is 0 Å². The van der Waals surface area contributed by atoms with E-state index in [1.807, 2.05) is 43.3 Å². The molecule has 0 spiro atoms. The predicted molar refractivity (Wildman–Crippen MR) is 98.3 cm³/mol. The number of fused-ring (bicyclic) bond motifs is 5. The van der Waals surface area contributed by atoms with Crippen LogP contribution >= 0.6 is 0 Å². The van der Waals surface area contributed by atoms with E-state index < -0.39 is 0 Å². The van der Waals surface area contributed by atoms with E-state index in [0.717, 1.165) is 39.7 Å². The molecule has 0 saturated heterocycles. The molecule has 136 valence electrons. The Balaban J connectivity index is 1.74. The van der Waals surface area contributed by atoms with Crippen molar-refractivity contribution in [3.8, 4) is 23.0 Å². The molecule has 0 N–H and O–H groups in total. The lowest BCUT2D eigenvalue weighted by molar-refractivity contribution is 0.0504. The van der Waals surface area contributed by atoms with Gasteiger partial charge in [-0.25, -0.2) is 0 Å². The van der Waals surface area contributed by atoms with Gasteiger partial charge in [-0.1, -0.05) is 18.2 Å². The lowest BCUT2D eigenvalue weighted by Gasteiger charge is -2.29. The second-order valence-electron chi connectivity index (χ2n) is 6.31. The summed E-state index contributed by atoms with van der Waals surface area (Å²) >= 11 is 0. The Labute approximate surface area is 153 Å². The molecule has 26 heavy (non-hydrogen) atoms. The summed E-state index contributed by atoms with van der Waals surface area (Å²) in [5.74, 6) is 3.38. The van der Waals surface area contributed by atoms with E-state index in [2.05, 4.69) is 6.07 Å². The first-order chi connectivity index (χ1) is 12.8. The van der Waals surface area contributed by atoms with Crippen LogP contribution < -0.4 is 18.9 Å². The number of rotatable bonds is 5. The maximum atomic E-state index is 6.28. The van der Waals surface area contributed by atoms with Crippen LogP contribution in [-0.2, 0) is 4.74 Å². The molecule has 5 heteroatoms. The fourth-order valence-corrected chi connectivity index (χ4v) is 3.62. The number of methoxy groups -OCH3 is 2. The first kappa shape index (κ1) is 16.8. The maximum absolute atomic E-state index is 6.28. The van der Waals surface area contributed by atoms with E-state index in [4.69, 9.17) is 23.7 Å². The zero-order chi connectivity index (χ0) is 18.1. The number of hydrogen-bond acceptors (Lipinski definition) is 5. The maximum Gasteiger partial charge on any atom is 0.188 e. The molecule has 0 radical (unpaired) electrons. The van der Waals surface area contributed by atoms with Gasteiger partial charge in [0.25, 0.3) is 0 Å². The van der Waals surface area contributed by atoms with Crippen molar-refractivity contribution >= 4 is 6.08 Å². The number of ether oxygens (including phenoxy) is 5. The van der Waals surface area contributed by atoms with Crippen LogP contribution in [0.1, 0.15) is 35.6 Å². The van der Waals surface area contributed by atoms with Crippen molar-refractivity contribution in [2.75, 3.05) is 27.6 Å². The smallest absolute Gasteiger partial charge is 0.188 e. The fourth-order valence-electron chi connectivity index (χ4n) is 3.62.